The van der Waals surface area contributed by atoms with E-state index in [1.807, 2.05) is 65.7 Å². The first kappa shape index (κ1) is 17.2. The number of carbonyl (C=O) groups excluding carboxylic acids is 1. The van der Waals surface area contributed by atoms with Crippen LogP contribution in [0.5, 0.6) is 0 Å². The number of amides is 1. The summed E-state index contributed by atoms with van der Waals surface area (Å²) in [6.07, 6.45) is 3.80. The molecule has 27 heavy (non-hydrogen) atoms. The van der Waals surface area contributed by atoms with Gasteiger partial charge in [-0.1, -0.05) is 30.3 Å². The molecule has 134 valence electrons. The van der Waals surface area contributed by atoms with Crippen LogP contribution in [0.1, 0.15) is 15.2 Å². The van der Waals surface area contributed by atoms with Crippen LogP contribution in [0, 0.1) is 12.7 Å². The Bertz CT molecular complexity index is 1080. The van der Waals surface area contributed by atoms with E-state index >= 15 is 0 Å². The van der Waals surface area contributed by atoms with Gasteiger partial charge in [-0.25, -0.2) is 4.39 Å². The highest BCUT2D eigenvalue weighted by Crippen LogP contribution is 2.35. The van der Waals surface area contributed by atoms with Gasteiger partial charge >= 0.3 is 0 Å². The Morgan fingerprint density at radius 3 is 2.41 bits per heavy atom. The zero-order valence-electron chi connectivity index (χ0n) is 14.6. The molecule has 0 bridgehead atoms. The van der Waals surface area contributed by atoms with Crippen LogP contribution >= 0.6 is 11.3 Å². The molecule has 0 radical (unpaired) electrons. The SMILES string of the molecule is Cc1ccccc1NC(=O)c1scc(-c2ccc(F)cc2)c1-n1cccc1. The molecule has 0 saturated carbocycles. The minimum absolute atomic E-state index is 0.161. The van der Waals surface area contributed by atoms with Gasteiger partial charge in [0.2, 0.25) is 0 Å². The lowest BCUT2D eigenvalue weighted by Crippen LogP contribution is -2.13. The summed E-state index contributed by atoms with van der Waals surface area (Å²) in [5.41, 5.74) is 4.35. The van der Waals surface area contributed by atoms with Crippen molar-refractivity contribution in [1.29, 1.82) is 0 Å². The number of aromatic nitrogens is 1. The molecule has 0 unspecified atom stereocenters. The molecule has 3 nitrogen and oxygen atoms in total. The summed E-state index contributed by atoms with van der Waals surface area (Å²) in [4.78, 5) is 13.6. The van der Waals surface area contributed by atoms with Crippen LogP contribution in [-0.2, 0) is 0 Å². The monoisotopic (exact) mass is 376 g/mol. The first-order valence-corrected chi connectivity index (χ1v) is 9.39. The van der Waals surface area contributed by atoms with Crippen molar-refractivity contribution in [3.05, 3.63) is 94.7 Å². The number of carbonyl (C=O) groups is 1. The molecule has 0 saturated heterocycles. The van der Waals surface area contributed by atoms with Crippen molar-refractivity contribution in [2.24, 2.45) is 0 Å². The zero-order valence-corrected chi connectivity index (χ0v) is 15.5. The van der Waals surface area contributed by atoms with E-state index in [9.17, 15) is 9.18 Å². The number of nitrogens with zero attached hydrogens (tertiary/aromatic N) is 1. The second-order valence-corrected chi connectivity index (χ2v) is 7.07. The van der Waals surface area contributed by atoms with E-state index in [0.717, 1.165) is 28.1 Å². The molecule has 1 amide bonds. The summed E-state index contributed by atoms with van der Waals surface area (Å²) < 4.78 is 15.2. The Morgan fingerprint density at radius 2 is 1.70 bits per heavy atom. The highest BCUT2D eigenvalue weighted by atomic mass is 32.1. The lowest BCUT2D eigenvalue weighted by Gasteiger charge is -2.11. The Balaban J connectivity index is 1.78. The number of thiophene rings is 1. The third-order valence-corrected chi connectivity index (χ3v) is 5.35. The van der Waals surface area contributed by atoms with Gasteiger partial charge in [0.05, 0.1) is 5.69 Å². The summed E-state index contributed by atoms with van der Waals surface area (Å²) in [6, 6.07) is 17.8. The molecular formula is C22H17FN2OS. The molecule has 5 heteroatoms. The second-order valence-electron chi connectivity index (χ2n) is 6.19. The van der Waals surface area contributed by atoms with Gasteiger partial charge in [-0.05, 0) is 48.4 Å². The van der Waals surface area contributed by atoms with Crippen LogP contribution in [0.2, 0.25) is 0 Å². The maximum Gasteiger partial charge on any atom is 0.267 e. The zero-order chi connectivity index (χ0) is 18.8. The van der Waals surface area contributed by atoms with Crippen molar-refractivity contribution in [2.45, 2.75) is 6.92 Å². The lowest BCUT2D eigenvalue weighted by molar-refractivity contribution is 0.103. The molecule has 1 N–H and O–H groups in total. The standard InChI is InChI=1S/C22H17FN2OS/c1-15-6-2-3-7-19(15)24-22(26)21-20(25-12-4-5-13-25)18(14-27-21)16-8-10-17(23)11-9-16/h2-14H,1H3,(H,24,26). The van der Waals surface area contributed by atoms with Crippen LogP contribution in [0.15, 0.2) is 78.4 Å². The number of aryl methyl sites for hydroxylation is 1. The van der Waals surface area contributed by atoms with Crippen LogP contribution in [0.4, 0.5) is 10.1 Å². The van der Waals surface area contributed by atoms with Gasteiger partial charge in [0.25, 0.3) is 5.91 Å². The summed E-state index contributed by atoms with van der Waals surface area (Å²) in [6.45, 7) is 1.96. The normalized spacial score (nSPS) is 10.7. The third kappa shape index (κ3) is 3.41. The summed E-state index contributed by atoms with van der Waals surface area (Å²) in [5.74, 6) is -0.444. The molecule has 4 rings (SSSR count). The molecule has 0 aliphatic carbocycles. The molecule has 2 aromatic carbocycles. The Hall–Kier alpha value is -3.18. The summed E-state index contributed by atoms with van der Waals surface area (Å²) in [5, 5.41) is 4.94. The van der Waals surface area contributed by atoms with Gasteiger partial charge in [0, 0.05) is 29.0 Å². The maximum absolute atomic E-state index is 13.3. The molecule has 0 aliphatic rings. The van der Waals surface area contributed by atoms with Crippen LogP contribution in [0.25, 0.3) is 16.8 Å². The van der Waals surface area contributed by atoms with Crippen molar-refractivity contribution >= 4 is 22.9 Å². The highest BCUT2D eigenvalue weighted by molar-refractivity contribution is 7.13. The number of para-hydroxylation sites is 1. The molecule has 2 heterocycles. The van der Waals surface area contributed by atoms with Crippen LogP contribution < -0.4 is 5.32 Å². The van der Waals surface area contributed by atoms with E-state index in [-0.39, 0.29) is 11.7 Å². The van der Waals surface area contributed by atoms with E-state index in [1.165, 1.54) is 23.5 Å². The van der Waals surface area contributed by atoms with Crippen molar-refractivity contribution in [1.82, 2.24) is 4.57 Å². The Labute approximate surface area is 160 Å². The predicted octanol–water partition coefficient (Wildman–Crippen LogP) is 5.91. The van der Waals surface area contributed by atoms with Crippen molar-refractivity contribution in [2.75, 3.05) is 5.32 Å². The fourth-order valence-corrected chi connectivity index (χ4v) is 3.95. The Kier molecular flexibility index (Phi) is 4.60. The number of halogens is 1. The minimum Gasteiger partial charge on any atom is -0.322 e. The second kappa shape index (κ2) is 7.21. The van der Waals surface area contributed by atoms with Crippen molar-refractivity contribution < 1.29 is 9.18 Å². The van der Waals surface area contributed by atoms with E-state index in [0.29, 0.717) is 4.88 Å². The van der Waals surface area contributed by atoms with E-state index in [1.54, 1.807) is 12.1 Å². The Morgan fingerprint density at radius 1 is 1.00 bits per heavy atom. The maximum atomic E-state index is 13.3. The number of benzene rings is 2. The van der Waals surface area contributed by atoms with Crippen LogP contribution in [-0.4, -0.2) is 10.5 Å². The average molecular weight is 376 g/mol. The number of hydrogen-bond donors (Lipinski definition) is 1. The van der Waals surface area contributed by atoms with Gasteiger partial charge in [0.1, 0.15) is 10.7 Å². The molecule has 2 aromatic heterocycles. The molecule has 4 aromatic rings. The van der Waals surface area contributed by atoms with Gasteiger partial charge in [0.15, 0.2) is 0 Å². The van der Waals surface area contributed by atoms with Gasteiger partial charge < -0.3 is 9.88 Å². The molecule has 0 aliphatic heterocycles. The van der Waals surface area contributed by atoms with Crippen molar-refractivity contribution in [3.8, 4) is 16.8 Å². The smallest absolute Gasteiger partial charge is 0.267 e. The van der Waals surface area contributed by atoms with Gasteiger partial charge in [-0.15, -0.1) is 11.3 Å². The topological polar surface area (TPSA) is 34.0 Å². The first-order chi connectivity index (χ1) is 13.1. The third-order valence-electron chi connectivity index (χ3n) is 4.38. The largest absolute Gasteiger partial charge is 0.322 e. The van der Waals surface area contributed by atoms with Gasteiger partial charge in [-0.2, -0.15) is 0 Å². The summed E-state index contributed by atoms with van der Waals surface area (Å²) in [7, 11) is 0. The fourth-order valence-electron chi connectivity index (χ4n) is 2.98. The molecular weight excluding hydrogens is 359 g/mol. The summed E-state index contributed by atoms with van der Waals surface area (Å²) >= 11 is 1.38. The van der Waals surface area contributed by atoms with Gasteiger partial charge in [-0.3, -0.25) is 4.79 Å². The molecule has 0 fully saturated rings. The van der Waals surface area contributed by atoms with Crippen molar-refractivity contribution in [3.63, 3.8) is 0 Å². The number of hydrogen-bond acceptors (Lipinski definition) is 2. The number of rotatable bonds is 4. The van der Waals surface area contributed by atoms with E-state index in [4.69, 9.17) is 0 Å². The predicted molar refractivity (Wildman–Crippen MR) is 108 cm³/mol. The van der Waals surface area contributed by atoms with E-state index < -0.39 is 0 Å². The van der Waals surface area contributed by atoms with Crippen LogP contribution in [0.3, 0.4) is 0 Å². The first-order valence-electron chi connectivity index (χ1n) is 8.51. The molecule has 0 spiro atoms. The lowest BCUT2D eigenvalue weighted by atomic mass is 10.1. The number of nitrogens with one attached hydrogen (secondary N) is 1. The number of anilines is 1. The average Bonchev–Trinajstić information content (AvgIpc) is 3.33. The van der Waals surface area contributed by atoms with E-state index in [2.05, 4.69) is 5.32 Å². The quantitative estimate of drug-likeness (QED) is 0.472. The fraction of sp³-hybridized carbons (Fsp3) is 0.0455. The molecule has 0 atom stereocenters. The highest BCUT2D eigenvalue weighted by Gasteiger charge is 2.21. The minimum atomic E-state index is -0.283.